The Bertz CT molecular complexity index is 339. The van der Waals surface area contributed by atoms with Crippen LogP contribution >= 0.6 is 0 Å². The summed E-state index contributed by atoms with van der Waals surface area (Å²) in [7, 11) is 0. The molecule has 0 N–H and O–H groups in total. The van der Waals surface area contributed by atoms with Crippen molar-refractivity contribution in [2.75, 3.05) is 0 Å². The van der Waals surface area contributed by atoms with Gasteiger partial charge in [0.15, 0.2) is 0 Å². The summed E-state index contributed by atoms with van der Waals surface area (Å²) in [5, 5.41) is 8.52. The lowest BCUT2D eigenvalue weighted by Crippen LogP contribution is -1.91. The van der Waals surface area contributed by atoms with Gasteiger partial charge in [0, 0.05) is 0 Å². The summed E-state index contributed by atoms with van der Waals surface area (Å²) in [6.45, 7) is 2.15. The summed E-state index contributed by atoms with van der Waals surface area (Å²) < 4.78 is 4.65. The molecule has 0 fully saturated rings. The van der Waals surface area contributed by atoms with Crippen molar-refractivity contribution >= 4 is 6.47 Å². The molecule has 0 bridgehead atoms. The standard InChI is InChI=1S/C9H7NO2/c1-7-4-8(5-10)2-3-9(7)12-6-11/h2-4,6H,1H3. The molecule has 3 heteroatoms. The molecule has 0 amide bonds. The van der Waals surface area contributed by atoms with Crippen LogP contribution < -0.4 is 4.74 Å². The van der Waals surface area contributed by atoms with E-state index in [1.165, 1.54) is 0 Å². The highest BCUT2D eigenvalue weighted by atomic mass is 16.5. The fourth-order valence-electron chi connectivity index (χ4n) is 0.903. The highest BCUT2D eigenvalue weighted by Gasteiger charge is 1.99. The van der Waals surface area contributed by atoms with Crippen LogP contribution in [0.5, 0.6) is 5.75 Å². The van der Waals surface area contributed by atoms with Gasteiger partial charge >= 0.3 is 0 Å². The summed E-state index contributed by atoms with van der Waals surface area (Å²) in [6.07, 6.45) is 0. The molecule has 0 aromatic heterocycles. The summed E-state index contributed by atoms with van der Waals surface area (Å²) >= 11 is 0. The molecule has 0 saturated heterocycles. The lowest BCUT2D eigenvalue weighted by atomic mass is 10.1. The van der Waals surface area contributed by atoms with Gasteiger partial charge in [-0.15, -0.1) is 0 Å². The zero-order valence-corrected chi connectivity index (χ0v) is 6.57. The van der Waals surface area contributed by atoms with E-state index in [2.05, 4.69) is 4.74 Å². The first-order valence-corrected chi connectivity index (χ1v) is 3.39. The van der Waals surface area contributed by atoms with Crippen LogP contribution in [0.2, 0.25) is 0 Å². The predicted molar refractivity (Wildman–Crippen MR) is 42.6 cm³/mol. The van der Waals surface area contributed by atoms with Gasteiger partial charge in [-0.2, -0.15) is 5.26 Å². The van der Waals surface area contributed by atoms with Crippen LogP contribution in [-0.2, 0) is 4.79 Å². The number of hydrogen-bond donors (Lipinski definition) is 0. The van der Waals surface area contributed by atoms with Gasteiger partial charge in [0.2, 0.25) is 0 Å². The maximum Gasteiger partial charge on any atom is 0.298 e. The Hall–Kier alpha value is -1.82. The van der Waals surface area contributed by atoms with E-state index >= 15 is 0 Å². The average molecular weight is 161 g/mol. The van der Waals surface area contributed by atoms with Crippen LogP contribution in [-0.4, -0.2) is 6.47 Å². The van der Waals surface area contributed by atoms with Crippen LogP contribution in [0.3, 0.4) is 0 Å². The zero-order valence-electron chi connectivity index (χ0n) is 6.57. The smallest absolute Gasteiger partial charge is 0.298 e. The van der Waals surface area contributed by atoms with Crippen molar-refractivity contribution in [3.8, 4) is 11.8 Å². The van der Waals surface area contributed by atoms with Crippen LogP contribution in [0.4, 0.5) is 0 Å². The van der Waals surface area contributed by atoms with Gasteiger partial charge in [0.05, 0.1) is 11.6 Å². The molecule has 0 heterocycles. The molecule has 1 aromatic rings. The fraction of sp³-hybridized carbons (Fsp3) is 0.111. The van der Waals surface area contributed by atoms with Gasteiger partial charge < -0.3 is 4.74 Å². The summed E-state index contributed by atoms with van der Waals surface area (Å²) in [4.78, 5) is 9.99. The number of carbonyl (C=O) groups excluding carboxylic acids is 1. The van der Waals surface area contributed by atoms with Gasteiger partial charge in [0.1, 0.15) is 5.75 Å². The van der Waals surface area contributed by atoms with E-state index in [1.807, 2.05) is 6.07 Å². The first-order chi connectivity index (χ1) is 5.77. The molecule has 0 aliphatic carbocycles. The lowest BCUT2D eigenvalue weighted by Gasteiger charge is -2.01. The van der Waals surface area contributed by atoms with Crippen molar-refractivity contribution in [1.82, 2.24) is 0 Å². The van der Waals surface area contributed by atoms with Crippen LogP contribution in [0.15, 0.2) is 18.2 Å². The van der Waals surface area contributed by atoms with E-state index in [4.69, 9.17) is 5.26 Å². The third-order valence-electron chi connectivity index (χ3n) is 1.48. The van der Waals surface area contributed by atoms with E-state index in [0.29, 0.717) is 17.8 Å². The Balaban J connectivity index is 3.04. The molecule has 60 valence electrons. The molecular weight excluding hydrogens is 154 g/mol. The molecule has 0 atom stereocenters. The van der Waals surface area contributed by atoms with Crippen LogP contribution in [0.25, 0.3) is 0 Å². The molecule has 1 aromatic carbocycles. The Kier molecular flexibility index (Phi) is 2.44. The first-order valence-electron chi connectivity index (χ1n) is 3.39. The first kappa shape index (κ1) is 8.28. The highest BCUT2D eigenvalue weighted by molar-refractivity contribution is 5.49. The maximum atomic E-state index is 9.99. The normalized spacial score (nSPS) is 8.67. The monoisotopic (exact) mass is 161 g/mol. The van der Waals surface area contributed by atoms with Crippen molar-refractivity contribution in [3.05, 3.63) is 29.3 Å². The summed E-state index contributed by atoms with van der Waals surface area (Å²) in [6, 6.07) is 6.86. The Morgan fingerprint density at radius 3 is 2.83 bits per heavy atom. The van der Waals surface area contributed by atoms with E-state index in [1.54, 1.807) is 25.1 Å². The van der Waals surface area contributed by atoms with Crippen molar-refractivity contribution in [2.24, 2.45) is 0 Å². The van der Waals surface area contributed by atoms with Crippen molar-refractivity contribution in [1.29, 1.82) is 5.26 Å². The second-order valence-electron chi connectivity index (χ2n) is 2.31. The number of benzene rings is 1. The van der Waals surface area contributed by atoms with E-state index in [-0.39, 0.29) is 0 Å². The van der Waals surface area contributed by atoms with E-state index < -0.39 is 0 Å². The second-order valence-corrected chi connectivity index (χ2v) is 2.31. The summed E-state index contributed by atoms with van der Waals surface area (Å²) in [5.41, 5.74) is 1.34. The topological polar surface area (TPSA) is 50.1 Å². The number of carbonyl (C=O) groups is 1. The number of nitriles is 1. The van der Waals surface area contributed by atoms with E-state index in [0.717, 1.165) is 5.56 Å². The molecule has 3 nitrogen and oxygen atoms in total. The zero-order chi connectivity index (χ0) is 8.97. The SMILES string of the molecule is Cc1cc(C#N)ccc1OC=O. The molecule has 12 heavy (non-hydrogen) atoms. The fourth-order valence-corrected chi connectivity index (χ4v) is 0.903. The molecule has 0 saturated carbocycles. The maximum absolute atomic E-state index is 9.99. The van der Waals surface area contributed by atoms with Crippen molar-refractivity contribution in [3.63, 3.8) is 0 Å². The lowest BCUT2D eigenvalue weighted by molar-refractivity contribution is -0.120. The van der Waals surface area contributed by atoms with Gasteiger partial charge in [0.25, 0.3) is 6.47 Å². The number of aryl methyl sites for hydroxylation is 1. The Labute approximate surface area is 70.2 Å². The molecule has 0 unspecified atom stereocenters. The Morgan fingerprint density at radius 1 is 1.58 bits per heavy atom. The third-order valence-corrected chi connectivity index (χ3v) is 1.48. The van der Waals surface area contributed by atoms with Gasteiger partial charge in [-0.05, 0) is 30.7 Å². The highest BCUT2D eigenvalue weighted by Crippen LogP contribution is 2.17. The molecule has 0 aliphatic heterocycles. The van der Waals surface area contributed by atoms with Crippen LogP contribution in [0, 0.1) is 18.3 Å². The largest absolute Gasteiger partial charge is 0.428 e. The Morgan fingerprint density at radius 2 is 2.33 bits per heavy atom. The molecular formula is C9H7NO2. The van der Waals surface area contributed by atoms with Gasteiger partial charge in [-0.1, -0.05) is 0 Å². The average Bonchev–Trinajstić information content (AvgIpc) is 2.09. The van der Waals surface area contributed by atoms with Crippen molar-refractivity contribution in [2.45, 2.75) is 6.92 Å². The van der Waals surface area contributed by atoms with Crippen molar-refractivity contribution < 1.29 is 9.53 Å². The quantitative estimate of drug-likeness (QED) is 0.616. The van der Waals surface area contributed by atoms with Crippen LogP contribution in [0.1, 0.15) is 11.1 Å². The van der Waals surface area contributed by atoms with Gasteiger partial charge in [-0.25, -0.2) is 0 Å². The number of rotatable bonds is 2. The molecule has 0 aliphatic rings. The summed E-state index contributed by atoms with van der Waals surface area (Å²) in [5.74, 6) is 0.490. The minimum atomic E-state index is 0.369. The van der Waals surface area contributed by atoms with E-state index in [9.17, 15) is 4.79 Å². The number of hydrogen-bond acceptors (Lipinski definition) is 3. The molecule has 1 rings (SSSR count). The van der Waals surface area contributed by atoms with Gasteiger partial charge in [-0.3, -0.25) is 4.79 Å². The molecule has 0 spiro atoms. The third kappa shape index (κ3) is 1.61. The molecule has 0 radical (unpaired) electrons. The minimum Gasteiger partial charge on any atom is -0.428 e. The number of ether oxygens (including phenoxy) is 1. The minimum absolute atomic E-state index is 0.369. The predicted octanol–water partition coefficient (Wildman–Crippen LogP) is 1.40. The second kappa shape index (κ2) is 3.54. The number of nitrogens with zero attached hydrogens (tertiary/aromatic N) is 1.